The molecule has 1 aromatic carbocycles. The second-order valence-corrected chi connectivity index (χ2v) is 7.86. The van der Waals surface area contributed by atoms with Gasteiger partial charge in [-0.25, -0.2) is 0 Å². The molecule has 2 nitrogen and oxygen atoms in total. The van der Waals surface area contributed by atoms with E-state index in [1.807, 2.05) is 12.1 Å². The molecule has 2 fully saturated rings. The average Bonchev–Trinajstić information content (AvgIpc) is 2.41. The first-order valence-corrected chi connectivity index (χ1v) is 8.64. The van der Waals surface area contributed by atoms with Crippen LogP contribution in [0.5, 0.6) is 5.75 Å². The zero-order valence-corrected chi connectivity index (χ0v) is 13.3. The number of nitrogens with zero attached hydrogens (tertiary/aromatic N) is 1. The molecule has 3 atom stereocenters. The number of rotatable bonds is 2. The molecule has 2 bridgehead atoms. The molecule has 0 spiro atoms. The molecule has 1 heterocycles. The fourth-order valence-corrected chi connectivity index (χ4v) is 4.93. The molecule has 0 radical (unpaired) electrons. The van der Waals surface area contributed by atoms with Gasteiger partial charge in [0.25, 0.3) is 0 Å². The highest BCUT2D eigenvalue weighted by Crippen LogP contribution is 2.49. The number of phenols is 1. The Hall–Kier alpha value is -1.02. The Bertz CT molecular complexity index is 550. The minimum atomic E-state index is 0.243. The van der Waals surface area contributed by atoms with E-state index < -0.39 is 0 Å². The number of hydrogen-bond donors (Lipinski definition) is 1. The van der Waals surface area contributed by atoms with Gasteiger partial charge < -0.3 is 5.11 Å². The maximum Gasteiger partial charge on any atom is 0.115 e. The van der Waals surface area contributed by atoms with E-state index in [0.717, 1.165) is 5.92 Å². The zero-order valence-electron chi connectivity index (χ0n) is 13.3. The summed E-state index contributed by atoms with van der Waals surface area (Å²) in [4.78, 5) is 2.78. The Morgan fingerprint density at radius 1 is 1.33 bits per heavy atom. The quantitative estimate of drug-likeness (QED) is 0.895. The van der Waals surface area contributed by atoms with Crippen molar-refractivity contribution in [2.45, 2.75) is 57.4 Å². The fraction of sp³-hybridized carbons (Fsp3) is 0.684. The Morgan fingerprint density at radius 2 is 2.14 bits per heavy atom. The Labute approximate surface area is 128 Å². The van der Waals surface area contributed by atoms with Crippen LogP contribution in [0.15, 0.2) is 18.2 Å². The van der Waals surface area contributed by atoms with Crippen molar-refractivity contribution >= 4 is 0 Å². The van der Waals surface area contributed by atoms with Gasteiger partial charge in [0.05, 0.1) is 0 Å². The van der Waals surface area contributed by atoms with E-state index in [1.165, 1.54) is 56.3 Å². The smallest absolute Gasteiger partial charge is 0.115 e. The summed E-state index contributed by atoms with van der Waals surface area (Å²) < 4.78 is 0. The van der Waals surface area contributed by atoms with E-state index in [1.54, 1.807) is 0 Å². The molecule has 0 aromatic heterocycles. The summed E-state index contributed by atoms with van der Waals surface area (Å²) in [7, 11) is 0. The third-order valence-corrected chi connectivity index (χ3v) is 6.82. The van der Waals surface area contributed by atoms with Gasteiger partial charge in [-0.3, -0.25) is 4.90 Å². The lowest BCUT2D eigenvalue weighted by atomic mass is 9.59. The van der Waals surface area contributed by atoms with Gasteiger partial charge in [-0.1, -0.05) is 26.3 Å². The lowest BCUT2D eigenvalue weighted by Crippen LogP contribution is -2.58. The van der Waals surface area contributed by atoms with Gasteiger partial charge in [-0.15, -0.1) is 0 Å². The standard InChI is InChI=1S/C19H27NO/c1-13-18-10-15-6-7-16(21)11-17(15)19(13,2)8-9-20(18)12-14-4-3-5-14/h6-7,11,13-14,18,21H,3-5,8-10,12H2,1-2H3/t13-,18+,19+/m1/s1. The number of hydrogen-bond acceptors (Lipinski definition) is 2. The van der Waals surface area contributed by atoms with Gasteiger partial charge >= 0.3 is 0 Å². The molecule has 4 rings (SSSR count). The van der Waals surface area contributed by atoms with Gasteiger partial charge in [0.2, 0.25) is 0 Å². The van der Waals surface area contributed by atoms with Gasteiger partial charge in [-0.05, 0) is 72.7 Å². The summed E-state index contributed by atoms with van der Waals surface area (Å²) in [6.07, 6.45) is 6.73. The number of benzene rings is 1. The maximum absolute atomic E-state index is 9.89. The van der Waals surface area contributed by atoms with Crippen LogP contribution in [-0.4, -0.2) is 29.1 Å². The van der Waals surface area contributed by atoms with Crippen molar-refractivity contribution in [3.8, 4) is 5.75 Å². The molecule has 1 saturated heterocycles. The SMILES string of the molecule is C[C@@H]1[C@@H]2Cc3ccc(O)cc3[C@@]1(C)CCN2CC1CCC1. The summed E-state index contributed by atoms with van der Waals surface area (Å²) in [5, 5.41) is 9.89. The number of piperidine rings is 1. The highest BCUT2D eigenvalue weighted by Gasteiger charge is 2.48. The predicted octanol–water partition coefficient (Wildman–Crippen LogP) is 3.72. The molecule has 0 amide bonds. The molecule has 3 aliphatic rings. The molecule has 21 heavy (non-hydrogen) atoms. The molecular weight excluding hydrogens is 258 g/mol. The van der Waals surface area contributed by atoms with Crippen LogP contribution in [0.3, 0.4) is 0 Å². The lowest BCUT2D eigenvalue weighted by molar-refractivity contribution is 0.0122. The number of phenolic OH excluding ortho intramolecular Hbond substituents is 1. The molecule has 1 aliphatic heterocycles. The van der Waals surface area contributed by atoms with Crippen LogP contribution in [0.2, 0.25) is 0 Å². The van der Waals surface area contributed by atoms with E-state index >= 15 is 0 Å². The van der Waals surface area contributed by atoms with Crippen molar-refractivity contribution in [1.82, 2.24) is 4.90 Å². The Kier molecular flexibility index (Phi) is 3.08. The lowest BCUT2D eigenvalue weighted by Gasteiger charge is -2.55. The second kappa shape index (κ2) is 4.74. The van der Waals surface area contributed by atoms with E-state index in [-0.39, 0.29) is 5.41 Å². The number of fused-ring (bicyclic) bond motifs is 4. The van der Waals surface area contributed by atoms with Crippen molar-refractivity contribution in [1.29, 1.82) is 0 Å². The highest BCUT2D eigenvalue weighted by atomic mass is 16.3. The van der Waals surface area contributed by atoms with E-state index in [9.17, 15) is 5.11 Å². The van der Waals surface area contributed by atoms with Crippen LogP contribution >= 0.6 is 0 Å². The van der Waals surface area contributed by atoms with Crippen LogP contribution in [-0.2, 0) is 11.8 Å². The fourth-order valence-electron chi connectivity index (χ4n) is 4.93. The van der Waals surface area contributed by atoms with Crippen LogP contribution in [0, 0.1) is 11.8 Å². The summed E-state index contributed by atoms with van der Waals surface area (Å²) in [6.45, 7) is 7.41. The molecular formula is C19H27NO. The summed E-state index contributed by atoms with van der Waals surface area (Å²) >= 11 is 0. The number of likely N-dealkylation sites (tertiary alicyclic amines) is 1. The van der Waals surface area contributed by atoms with E-state index in [4.69, 9.17) is 0 Å². The topological polar surface area (TPSA) is 23.5 Å². The van der Waals surface area contributed by atoms with Crippen LogP contribution < -0.4 is 0 Å². The summed E-state index contributed by atoms with van der Waals surface area (Å²) in [5.41, 5.74) is 3.12. The molecule has 0 unspecified atom stereocenters. The predicted molar refractivity (Wildman–Crippen MR) is 85.6 cm³/mol. The van der Waals surface area contributed by atoms with Gasteiger partial charge in [0.1, 0.15) is 5.75 Å². The molecule has 2 heteroatoms. The van der Waals surface area contributed by atoms with Crippen molar-refractivity contribution in [2.24, 2.45) is 11.8 Å². The molecule has 2 aliphatic carbocycles. The third kappa shape index (κ3) is 2.03. The first-order valence-electron chi connectivity index (χ1n) is 8.64. The van der Waals surface area contributed by atoms with Crippen LogP contribution in [0.1, 0.15) is 50.7 Å². The molecule has 1 saturated carbocycles. The highest BCUT2D eigenvalue weighted by molar-refractivity contribution is 5.44. The van der Waals surface area contributed by atoms with E-state index in [2.05, 4.69) is 24.8 Å². The normalized spacial score (nSPS) is 36.1. The van der Waals surface area contributed by atoms with Gasteiger partial charge in [-0.2, -0.15) is 0 Å². The molecule has 1 N–H and O–H groups in total. The van der Waals surface area contributed by atoms with Gasteiger partial charge in [0.15, 0.2) is 0 Å². The van der Waals surface area contributed by atoms with Crippen molar-refractivity contribution < 1.29 is 5.11 Å². The minimum Gasteiger partial charge on any atom is -0.508 e. The van der Waals surface area contributed by atoms with Gasteiger partial charge in [0, 0.05) is 12.6 Å². The maximum atomic E-state index is 9.89. The van der Waals surface area contributed by atoms with Crippen molar-refractivity contribution in [3.63, 3.8) is 0 Å². The Balaban J connectivity index is 1.66. The van der Waals surface area contributed by atoms with Crippen molar-refractivity contribution in [2.75, 3.05) is 13.1 Å². The zero-order chi connectivity index (χ0) is 14.6. The van der Waals surface area contributed by atoms with E-state index in [0.29, 0.717) is 17.7 Å². The second-order valence-electron chi connectivity index (χ2n) is 7.86. The first-order chi connectivity index (χ1) is 10.1. The van der Waals surface area contributed by atoms with Crippen LogP contribution in [0.4, 0.5) is 0 Å². The molecule has 1 aromatic rings. The largest absolute Gasteiger partial charge is 0.508 e. The summed E-state index contributed by atoms with van der Waals surface area (Å²) in [5.74, 6) is 2.07. The summed E-state index contributed by atoms with van der Waals surface area (Å²) in [6, 6.07) is 6.75. The minimum absolute atomic E-state index is 0.243. The first kappa shape index (κ1) is 13.6. The van der Waals surface area contributed by atoms with Crippen LogP contribution in [0.25, 0.3) is 0 Å². The number of aromatic hydroxyl groups is 1. The Morgan fingerprint density at radius 3 is 2.86 bits per heavy atom. The third-order valence-electron chi connectivity index (χ3n) is 6.82. The van der Waals surface area contributed by atoms with Crippen molar-refractivity contribution in [3.05, 3.63) is 29.3 Å². The average molecular weight is 285 g/mol. The molecule has 114 valence electrons. The monoisotopic (exact) mass is 285 g/mol.